The van der Waals surface area contributed by atoms with Gasteiger partial charge in [-0.25, -0.2) is 4.79 Å². The summed E-state index contributed by atoms with van der Waals surface area (Å²) in [7, 11) is 0. The zero-order chi connectivity index (χ0) is 16.1. The SMILES string of the molecule is O=C(Nc1ccncc1)C1CCN(C(=O)Nc2cccs2)CC1. The summed E-state index contributed by atoms with van der Waals surface area (Å²) in [6.07, 6.45) is 4.64. The fraction of sp³-hybridized carbons (Fsp3) is 0.312. The largest absolute Gasteiger partial charge is 0.326 e. The van der Waals surface area contributed by atoms with Gasteiger partial charge in [0.1, 0.15) is 0 Å². The summed E-state index contributed by atoms with van der Waals surface area (Å²) in [5.74, 6) is -0.0523. The molecule has 1 fully saturated rings. The number of carbonyl (C=O) groups is 2. The van der Waals surface area contributed by atoms with Gasteiger partial charge in [-0.15, -0.1) is 11.3 Å². The minimum Gasteiger partial charge on any atom is -0.326 e. The van der Waals surface area contributed by atoms with Crippen LogP contribution in [0, 0.1) is 5.92 Å². The molecule has 2 aromatic rings. The van der Waals surface area contributed by atoms with Crippen molar-refractivity contribution in [2.45, 2.75) is 12.8 Å². The number of thiophene rings is 1. The molecule has 1 aliphatic heterocycles. The molecule has 0 aliphatic carbocycles. The lowest BCUT2D eigenvalue weighted by Gasteiger charge is -2.31. The van der Waals surface area contributed by atoms with Crippen LogP contribution < -0.4 is 10.6 Å². The van der Waals surface area contributed by atoms with E-state index in [4.69, 9.17) is 0 Å². The van der Waals surface area contributed by atoms with Crippen LogP contribution in [0.4, 0.5) is 15.5 Å². The Bertz CT molecular complexity index is 652. The first-order chi connectivity index (χ1) is 11.2. The highest BCUT2D eigenvalue weighted by Gasteiger charge is 2.27. The van der Waals surface area contributed by atoms with Crippen molar-refractivity contribution in [3.63, 3.8) is 0 Å². The van der Waals surface area contributed by atoms with Gasteiger partial charge >= 0.3 is 6.03 Å². The molecule has 3 heterocycles. The molecule has 120 valence electrons. The van der Waals surface area contributed by atoms with Crippen molar-refractivity contribution in [2.75, 3.05) is 23.7 Å². The molecule has 0 radical (unpaired) electrons. The van der Waals surface area contributed by atoms with E-state index in [0.717, 1.165) is 10.7 Å². The number of urea groups is 1. The fourth-order valence-electron chi connectivity index (χ4n) is 2.56. The van der Waals surface area contributed by atoms with E-state index in [0.29, 0.717) is 25.9 Å². The van der Waals surface area contributed by atoms with Crippen molar-refractivity contribution in [3.05, 3.63) is 42.0 Å². The molecule has 1 saturated heterocycles. The molecular weight excluding hydrogens is 312 g/mol. The van der Waals surface area contributed by atoms with Gasteiger partial charge < -0.3 is 10.2 Å². The molecule has 1 aliphatic rings. The van der Waals surface area contributed by atoms with Gasteiger partial charge in [0.2, 0.25) is 5.91 Å². The summed E-state index contributed by atoms with van der Waals surface area (Å²) in [6, 6.07) is 7.21. The molecule has 0 atom stereocenters. The van der Waals surface area contributed by atoms with Crippen LogP contribution in [0.5, 0.6) is 0 Å². The number of anilines is 2. The molecule has 3 amide bonds. The predicted octanol–water partition coefficient (Wildman–Crippen LogP) is 3.03. The van der Waals surface area contributed by atoms with Crippen molar-refractivity contribution < 1.29 is 9.59 Å². The zero-order valence-electron chi connectivity index (χ0n) is 12.6. The van der Waals surface area contributed by atoms with E-state index >= 15 is 0 Å². The maximum atomic E-state index is 12.3. The van der Waals surface area contributed by atoms with Gasteiger partial charge in [-0.3, -0.25) is 15.1 Å². The van der Waals surface area contributed by atoms with Gasteiger partial charge in [-0.2, -0.15) is 0 Å². The maximum Gasteiger partial charge on any atom is 0.322 e. The number of nitrogens with zero attached hydrogens (tertiary/aromatic N) is 2. The Morgan fingerprint density at radius 1 is 1.13 bits per heavy atom. The molecule has 0 bridgehead atoms. The molecule has 0 spiro atoms. The summed E-state index contributed by atoms with van der Waals surface area (Å²) < 4.78 is 0. The lowest BCUT2D eigenvalue weighted by atomic mass is 9.96. The number of likely N-dealkylation sites (tertiary alicyclic amines) is 1. The second-order valence-corrected chi connectivity index (χ2v) is 6.34. The summed E-state index contributed by atoms with van der Waals surface area (Å²) in [4.78, 5) is 30.1. The molecule has 2 aromatic heterocycles. The number of carbonyl (C=O) groups excluding carboxylic acids is 2. The highest BCUT2D eigenvalue weighted by molar-refractivity contribution is 7.14. The Balaban J connectivity index is 1.48. The van der Waals surface area contributed by atoms with E-state index in [9.17, 15) is 9.59 Å². The lowest BCUT2D eigenvalue weighted by molar-refractivity contribution is -0.121. The number of hydrogen-bond donors (Lipinski definition) is 2. The molecule has 0 aromatic carbocycles. The summed E-state index contributed by atoms with van der Waals surface area (Å²) in [5, 5.41) is 8.53. The second kappa shape index (κ2) is 7.23. The molecule has 23 heavy (non-hydrogen) atoms. The Morgan fingerprint density at radius 3 is 2.52 bits per heavy atom. The normalized spacial score (nSPS) is 15.2. The third kappa shape index (κ3) is 4.07. The quantitative estimate of drug-likeness (QED) is 0.908. The van der Waals surface area contributed by atoms with Crippen LogP contribution in [-0.4, -0.2) is 34.9 Å². The third-order valence-corrected chi connectivity index (χ3v) is 4.64. The molecule has 7 heteroatoms. The minimum absolute atomic E-state index is 0.00881. The Morgan fingerprint density at radius 2 is 1.87 bits per heavy atom. The van der Waals surface area contributed by atoms with E-state index in [-0.39, 0.29) is 17.9 Å². The third-order valence-electron chi connectivity index (χ3n) is 3.85. The van der Waals surface area contributed by atoms with Crippen LogP contribution in [0.1, 0.15) is 12.8 Å². The first-order valence-electron chi connectivity index (χ1n) is 7.53. The number of piperidine rings is 1. The Kier molecular flexibility index (Phi) is 4.87. The lowest BCUT2D eigenvalue weighted by Crippen LogP contribution is -2.43. The van der Waals surface area contributed by atoms with Gasteiger partial charge in [-0.05, 0) is 42.5 Å². The smallest absolute Gasteiger partial charge is 0.322 e. The standard InChI is InChI=1S/C16H18N4O2S/c21-15(18-13-3-7-17-8-4-13)12-5-9-20(10-6-12)16(22)19-14-2-1-11-23-14/h1-4,7-8,11-12H,5-6,9-10H2,(H,19,22)(H,17,18,21). The zero-order valence-corrected chi connectivity index (χ0v) is 13.4. The Hall–Kier alpha value is -2.41. The molecule has 0 unspecified atom stereocenters. The predicted molar refractivity (Wildman–Crippen MR) is 90.5 cm³/mol. The van der Waals surface area contributed by atoms with Crippen LogP contribution >= 0.6 is 11.3 Å². The van der Waals surface area contributed by atoms with Gasteiger partial charge in [0, 0.05) is 37.1 Å². The number of pyridine rings is 1. The number of amides is 3. The van der Waals surface area contributed by atoms with Crippen molar-refractivity contribution >= 4 is 34.0 Å². The van der Waals surface area contributed by atoms with Crippen LogP contribution in [0.3, 0.4) is 0 Å². The number of nitrogens with one attached hydrogen (secondary N) is 2. The average Bonchev–Trinajstić information content (AvgIpc) is 3.09. The first-order valence-corrected chi connectivity index (χ1v) is 8.40. The van der Waals surface area contributed by atoms with Crippen molar-refractivity contribution in [1.29, 1.82) is 0 Å². The summed E-state index contributed by atoms with van der Waals surface area (Å²) >= 11 is 1.49. The van der Waals surface area contributed by atoms with Crippen molar-refractivity contribution in [3.8, 4) is 0 Å². The van der Waals surface area contributed by atoms with Crippen molar-refractivity contribution in [1.82, 2.24) is 9.88 Å². The van der Waals surface area contributed by atoms with Crippen molar-refractivity contribution in [2.24, 2.45) is 5.92 Å². The molecular formula is C16H18N4O2S. The van der Waals surface area contributed by atoms with Gasteiger partial charge in [0.15, 0.2) is 0 Å². The molecule has 3 rings (SSSR count). The van der Waals surface area contributed by atoms with E-state index in [1.807, 2.05) is 17.5 Å². The minimum atomic E-state index is -0.0968. The molecule has 6 nitrogen and oxygen atoms in total. The summed E-state index contributed by atoms with van der Waals surface area (Å²) in [6.45, 7) is 1.18. The van der Waals surface area contributed by atoms with E-state index in [2.05, 4.69) is 15.6 Å². The van der Waals surface area contributed by atoms with E-state index in [1.165, 1.54) is 11.3 Å². The van der Waals surface area contributed by atoms with Crippen LogP contribution in [0.25, 0.3) is 0 Å². The fourth-order valence-corrected chi connectivity index (χ4v) is 3.17. The van der Waals surface area contributed by atoms with Crippen LogP contribution in [0.2, 0.25) is 0 Å². The first kappa shape index (κ1) is 15.5. The van der Waals surface area contributed by atoms with Gasteiger partial charge in [-0.1, -0.05) is 0 Å². The van der Waals surface area contributed by atoms with E-state index < -0.39 is 0 Å². The topological polar surface area (TPSA) is 74.3 Å². The van der Waals surface area contributed by atoms with E-state index in [1.54, 1.807) is 29.4 Å². The Labute approximate surface area is 138 Å². The van der Waals surface area contributed by atoms with Crippen LogP contribution in [-0.2, 0) is 4.79 Å². The van der Waals surface area contributed by atoms with Crippen LogP contribution in [0.15, 0.2) is 42.0 Å². The number of aromatic nitrogens is 1. The summed E-state index contributed by atoms with van der Waals surface area (Å²) in [5.41, 5.74) is 0.753. The highest BCUT2D eigenvalue weighted by atomic mass is 32.1. The average molecular weight is 330 g/mol. The number of rotatable bonds is 3. The number of hydrogen-bond acceptors (Lipinski definition) is 4. The monoisotopic (exact) mass is 330 g/mol. The molecule has 2 N–H and O–H groups in total. The second-order valence-electron chi connectivity index (χ2n) is 5.39. The van der Waals surface area contributed by atoms with Gasteiger partial charge in [0.05, 0.1) is 5.00 Å². The molecule has 0 saturated carbocycles. The highest BCUT2D eigenvalue weighted by Crippen LogP contribution is 2.21. The van der Waals surface area contributed by atoms with Gasteiger partial charge in [0.25, 0.3) is 0 Å². The maximum absolute atomic E-state index is 12.3.